The molecule has 0 bridgehead atoms. The SMILES string of the molecule is Cc1nn(-c2ccc(Cl)cc2)c(C)c1CC(=O)NCc1cccc(S(N)(=O)=O)c1. The van der Waals surface area contributed by atoms with Crippen LogP contribution >= 0.6 is 11.6 Å². The van der Waals surface area contributed by atoms with Gasteiger partial charge in [-0.15, -0.1) is 0 Å². The first-order valence-electron chi connectivity index (χ1n) is 8.84. The molecule has 0 aliphatic heterocycles. The second-order valence-electron chi connectivity index (χ2n) is 6.68. The first kappa shape index (κ1) is 21.0. The van der Waals surface area contributed by atoms with Gasteiger partial charge in [-0.3, -0.25) is 4.79 Å². The van der Waals surface area contributed by atoms with Crippen LogP contribution in [0.2, 0.25) is 5.02 Å². The standard InChI is InChI=1S/C20H21ClN4O3S/c1-13-19(14(2)25(24-13)17-8-6-16(21)7-9-17)11-20(26)23-12-15-4-3-5-18(10-15)29(22,27)28/h3-10H,11-12H2,1-2H3,(H,23,26)(H2,22,27,28). The third kappa shape index (κ3) is 5.03. The second kappa shape index (κ2) is 8.36. The lowest BCUT2D eigenvalue weighted by atomic mass is 10.1. The molecule has 3 N–H and O–H groups in total. The molecule has 1 heterocycles. The van der Waals surface area contributed by atoms with Crippen molar-refractivity contribution in [1.82, 2.24) is 15.1 Å². The average molecular weight is 433 g/mol. The van der Waals surface area contributed by atoms with Crippen LogP contribution in [-0.4, -0.2) is 24.1 Å². The minimum atomic E-state index is -3.78. The van der Waals surface area contributed by atoms with Gasteiger partial charge in [0.25, 0.3) is 0 Å². The van der Waals surface area contributed by atoms with E-state index in [4.69, 9.17) is 16.7 Å². The Kier molecular flexibility index (Phi) is 6.07. The van der Waals surface area contributed by atoms with E-state index in [1.807, 2.05) is 26.0 Å². The van der Waals surface area contributed by atoms with Crippen LogP contribution in [0.5, 0.6) is 0 Å². The number of nitrogens with two attached hydrogens (primary N) is 1. The van der Waals surface area contributed by atoms with Crippen LogP contribution in [0, 0.1) is 13.8 Å². The van der Waals surface area contributed by atoms with Gasteiger partial charge in [0.1, 0.15) is 0 Å². The summed E-state index contributed by atoms with van der Waals surface area (Å²) < 4.78 is 24.7. The van der Waals surface area contributed by atoms with Gasteiger partial charge in [-0.05, 0) is 55.8 Å². The summed E-state index contributed by atoms with van der Waals surface area (Å²) in [6.45, 7) is 3.97. The predicted molar refractivity (Wildman–Crippen MR) is 111 cm³/mol. The van der Waals surface area contributed by atoms with E-state index in [-0.39, 0.29) is 23.8 Å². The maximum atomic E-state index is 12.5. The number of nitrogens with one attached hydrogen (secondary N) is 1. The Bertz CT molecular complexity index is 1150. The number of benzene rings is 2. The molecule has 3 aromatic rings. The number of carbonyl (C=O) groups is 1. The number of hydrogen-bond acceptors (Lipinski definition) is 4. The summed E-state index contributed by atoms with van der Waals surface area (Å²) >= 11 is 5.94. The molecule has 7 nitrogen and oxygen atoms in total. The Labute approximate surface area is 174 Å². The van der Waals surface area contributed by atoms with Gasteiger partial charge < -0.3 is 5.32 Å². The zero-order valence-electron chi connectivity index (χ0n) is 16.0. The summed E-state index contributed by atoms with van der Waals surface area (Å²) in [5, 5.41) is 13.1. The van der Waals surface area contributed by atoms with Gasteiger partial charge in [0.15, 0.2) is 0 Å². The lowest BCUT2D eigenvalue weighted by Crippen LogP contribution is -2.25. The highest BCUT2D eigenvalue weighted by atomic mass is 35.5. The number of carbonyl (C=O) groups excluding carboxylic acids is 1. The molecule has 0 atom stereocenters. The number of rotatable bonds is 6. The molecule has 152 valence electrons. The second-order valence-corrected chi connectivity index (χ2v) is 8.68. The van der Waals surface area contributed by atoms with E-state index in [0.29, 0.717) is 10.6 Å². The van der Waals surface area contributed by atoms with Gasteiger partial charge >= 0.3 is 0 Å². The van der Waals surface area contributed by atoms with Crippen molar-refractivity contribution in [3.05, 3.63) is 76.1 Å². The number of hydrogen-bond donors (Lipinski definition) is 2. The molecule has 2 aromatic carbocycles. The van der Waals surface area contributed by atoms with Crippen molar-refractivity contribution in [3.63, 3.8) is 0 Å². The molecule has 0 aliphatic rings. The Morgan fingerprint density at radius 3 is 2.52 bits per heavy atom. The van der Waals surface area contributed by atoms with Crippen molar-refractivity contribution < 1.29 is 13.2 Å². The first-order chi connectivity index (χ1) is 13.6. The van der Waals surface area contributed by atoms with Gasteiger partial charge in [-0.1, -0.05) is 23.7 Å². The Morgan fingerprint density at radius 1 is 1.17 bits per heavy atom. The number of amides is 1. The molecular weight excluding hydrogens is 412 g/mol. The minimum absolute atomic E-state index is 0.0141. The zero-order chi connectivity index (χ0) is 21.2. The maximum absolute atomic E-state index is 12.5. The fraction of sp³-hybridized carbons (Fsp3) is 0.200. The molecule has 1 aromatic heterocycles. The van der Waals surface area contributed by atoms with E-state index in [9.17, 15) is 13.2 Å². The van der Waals surface area contributed by atoms with Crippen molar-refractivity contribution in [2.24, 2.45) is 5.14 Å². The number of primary sulfonamides is 1. The number of nitrogens with zero attached hydrogens (tertiary/aromatic N) is 2. The molecule has 0 unspecified atom stereocenters. The molecule has 1 amide bonds. The molecule has 3 rings (SSSR count). The van der Waals surface area contributed by atoms with Crippen molar-refractivity contribution in [1.29, 1.82) is 0 Å². The highest BCUT2D eigenvalue weighted by Crippen LogP contribution is 2.20. The van der Waals surface area contributed by atoms with E-state index < -0.39 is 10.0 Å². The molecule has 9 heteroatoms. The molecule has 0 spiro atoms. The number of aryl methyl sites for hydroxylation is 1. The number of sulfonamides is 1. The van der Waals surface area contributed by atoms with Crippen LogP contribution in [0.25, 0.3) is 5.69 Å². The molecule has 29 heavy (non-hydrogen) atoms. The summed E-state index contributed by atoms with van der Waals surface area (Å²) in [5.74, 6) is -0.187. The van der Waals surface area contributed by atoms with E-state index in [1.54, 1.807) is 28.9 Å². The van der Waals surface area contributed by atoms with E-state index in [0.717, 1.165) is 22.6 Å². The quantitative estimate of drug-likeness (QED) is 0.624. The summed E-state index contributed by atoms with van der Waals surface area (Å²) in [4.78, 5) is 12.5. The van der Waals surface area contributed by atoms with E-state index in [2.05, 4.69) is 10.4 Å². The first-order valence-corrected chi connectivity index (χ1v) is 10.8. The maximum Gasteiger partial charge on any atom is 0.238 e. The van der Waals surface area contributed by atoms with Crippen molar-refractivity contribution >= 4 is 27.5 Å². The molecule has 0 saturated carbocycles. The number of aromatic nitrogens is 2. The summed E-state index contributed by atoms with van der Waals surface area (Å²) in [6, 6.07) is 13.5. The van der Waals surface area contributed by atoms with Crippen LogP contribution in [-0.2, 0) is 27.8 Å². The summed E-state index contributed by atoms with van der Waals surface area (Å²) in [5.41, 5.74) is 3.99. The molecule has 0 saturated heterocycles. The lowest BCUT2D eigenvalue weighted by molar-refractivity contribution is -0.120. The van der Waals surface area contributed by atoms with Gasteiger partial charge in [0.05, 0.1) is 22.7 Å². The highest BCUT2D eigenvalue weighted by molar-refractivity contribution is 7.89. The monoisotopic (exact) mass is 432 g/mol. The van der Waals surface area contributed by atoms with Gasteiger partial charge in [-0.2, -0.15) is 5.10 Å². The third-order valence-electron chi connectivity index (χ3n) is 4.57. The third-order valence-corrected chi connectivity index (χ3v) is 5.73. The summed E-state index contributed by atoms with van der Waals surface area (Å²) in [7, 11) is -3.78. The fourth-order valence-corrected chi connectivity index (χ4v) is 3.73. The predicted octanol–water partition coefficient (Wildman–Crippen LogP) is 2.65. The van der Waals surface area contributed by atoms with E-state index >= 15 is 0 Å². The fourth-order valence-electron chi connectivity index (χ4n) is 3.02. The highest BCUT2D eigenvalue weighted by Gasteiger charge is 2.16. The zero-order valence-corrected chi connectivity index (χ0v) is 17.6. The van der Waals surface area contributed by atoms with Gasteiger partial charge in [-0.25, -0.2) is 18.2 Å². The topological polar surface area (TPSA) is 107 Å². The molecule has 0 fully saturated rings. The van der Waals surface area contributed by atoms with Crippen LogP contribution in [0.4, 0.5) is 0 Å². The summed E-state index contributed by atoms with van der Waals surface area (Å²) in [6.07, 6.45) is 0.167. The molecule has 0 aliphatic carbocycles. The van der Waals surface area contributed by atoms with Crippen LogP contribution in [0.1, 0.15) is 22.5 Å². The Morgan fingerprint density at radius 2 is 1.86 bits per heavy atom. The molecule has 0 radical (unpaired) electrons. The van der Waals surface area contributed by atoms with Crippen LogP contribution in [0.15, 0.2) is 53.4 Å². The molecular formula is C20H21ClN4O3S. The normalized spacial score (nSPS) is 11.4. The minimum Gasteiger partial charge on any atom is -0.352 e. The average Bonchev–Trinajstić information content (AvgIpc) is 2.95. The van der Waals surface area contributed by atoms with Crippen LogP contribution in [0.3, 0.4) is 0 Å². The van der Waals surface area contributed by atoms with Crippen molar-refractivity contribution in [2.45, 2.75) is 31.7 Å². The smallest absolute Gasteiger partial charge is 0.238 e. The van der Waals surface area contributed by atoms with Crippen molar-refractivity contribution in [2.75, 3.05) is 0 Å². The van der Waals surface area contributed by atoms with Gasteiger partial charge in [0, 0.05) is 22.8 Å². The van der Waals surface area contributed by atoms with Gasteiger partial charge in [0.2, 0.25) is 15.9 Å². The largest absolute Gasteiger partial charge is 0.352 e. The van der Waals surface area contributed by atoms with E-state index in [1.165, 1.54) is 12.1 Å². The Hall–Kier alpha value is -2.68. The van der Waals surface area contributed by atoms with Crippen LogP contribution < -0.4 is 10.5 Å². The lowest BCUT2D eigenvalue weighted by Gasteiger charge is -2.08. The Balaban J connectivity index is 1.71. The van der Waals surface area contributed by atoms with Crippen molar-refractivity contribution in [3.8, 4) is 5.69 Å². The number of halogens is 1.